The highest BCUT2D eigenvalue weighted by Gasteiger charge is 1.98. The number of hydrogen-bond donors (Lipinski definition) is 0. The Morgan fingerprint density at radius 2 is 2.23 bits per heavy atom. The maximum Gasteiger partial charge on any atom is -0.0282 e. The second-order valence-electron chi connectivity index (χ2n) is 3.92. The predicted molar refractivity (Wildman–Crippen MR) is 59.8 cm³/mol. The lowest BCUT2D eigenvalue weighted by Crippen LogP contribution is -1.76. The van der Waals surface area contributed by atoms with Crippen LogP contribution >= 0.6 is 0 Å². The number of allylic oxidation sites excluding steroid dienone is 4. The Kier molecular flexibility index (Phi) is 5.64. The summed E-state index contributed by atoms with van der Waals surface area (Å²) in [6.45, 7) is 2.25. The van der Waals surface area contributed by atoms with E-state index >= 15 is 0 Å². The molecular weight excluding hydrogens is 156 g/mol. The van der Waals surface area contributed by atoms with Crippen LogP contribution in [-0.2, 0) is 0 Å². The average Bonchev–Trinajstić information content (AvgIpc) is 2.41. The molecule has 0 nitrogen and oxygen atoms in total. The van der Waals surface area contributed by atoms with Gasteiger partial charge in [-0.3, -0.25) is 0 Å². The van der Waals surface area contributed by atoms with E-state index in [-0.39, 0.29) is 0 Å². The Balaban J connectivity index is 2.24. The van der Waals surface area contributed by atoms with Crippen LogP contribution in [0, 0.1) is 0 Å². The molecule has 0 aromatic rings. The fourth-order valence-corrected chi connectivity index (χ4v) is 1.75. The van der Waals surface area contributed by atoms with E-state index in [0.29, 0.717) is 0 Å². The molecule has 0 saturated heterocycles. The van der Waals surface area contributed by atoms with Crippen LogP contribution in [0.5, 0.6) is 0 Å². The lowest BCUT2D eigenvalue weighted by Gasteiger charge is -1.96. The second kappa shape index (κ2) is 6.94. The first kappa shape index (κ1) is 10.6. The van der Waals surface area contributed by atoms with Gasteiger partial charge in [-0.1, -0.05) is 50.0 Å². The normalized spacial score (nSPS) is 18.7. The Morgan fingerprint density at radius 3 is 3.08 bits per heavy atom. The summed E-state index contributed by atoms with van der Waals surface area (Å²) in [5, 5.41) is 0. The van der Waals surface area contributed by atoms with E-state index in [9.17, 15) is 0 Å². The average molecular weight is 178 g/mol. The van der Waals surface area contributed by atoms with Gasteiger partial charge in [0.25, 0.3) is 0 Å². The Morgan fingerprint density at radius 1 is 1.31 bits per heavy atom. The van der Waals surface area contributed by atoms with Crippen LogP contribution in [0.3, 0.4) is 0 Å². The maximum atomic E-state index is 2.43. The van der Waals surface area contributed by atoms with Crippen molar-refractivity contribution in [3.63, 3.8) is 0 Å². The van der Waals surface area contributed by atoms with Gasteiger partial charge in [-0.25, -0.2) is 0 Å². The summed E-state index contributed by atoms with van der Waals surface area (Å²) in [5.41, 5.74) is 1.58. The molecule has 0 heteroatoms. The Labute approximate surface area is 82.7 Å². The van der Waals surface area contributed by atoms with Crippen molar-refractivity contribution < 1.29 is 0 Å². The fraction of sp³-hybridized carbons (Fsp3) is 0.692. The van der Waals surface area contributed by atoms with E-state index in [0.717, 1.165) is 0 Å². The smallest absolute Gasteiger partial charge is 0.0282 e. The van der Waals surface area contributed by atoms with Gasteiger partial charge in [0.15, 0.2) is 0 Å². The van der Waals surface area contributed by atoms with Crippen LogP contribution in [0.2, 0.25) is 0 Å². The van der Waals surface area contributed by atoms with Crippen LogP contribution in [0.4, 0.5) is 0 Å². The molecule has 0 aromatic carbocycles. The molecule has 1 aliphatic carbocycles. The first-order valence-corrected chi connectivity index (χ1v) is 5.79. The van der Waals surface area contributed by atoms with Crippen LogP contribution in [-0.4, -0.2) is 0 Å². The van der Waals surface area contributed by atoms with Gasteiger partial charge in [0.2, 0.25) is 0 Å². The predicted octanol–water partition coefficient (Wildman–Crippen LogP) is 4.62. The van der Waals surface area contributed by atoms with Crippen molar-refractivity contribution >= 4 is 0 Å². The highest BCUT2D eigenvalue weighted by molar-refractivity contribution is 5.19. The molecule has 0 amide bonds. The topological polar surface area (TPSA) is 0 Å². The summed E-state index contributed by atoms with van der Waals surface area (Å²) in [4.78, 5) is 0. The van der Waals surface area contributed by atoms with Gasteiger partial charge < -0.3 is 0 Å². The van der Waals surface area contributed by atoms with E-state index in [2.05, 4.69) is 25.2 Å². The molecular formula is C13H22. The van der Waals surface area contributed by atoms with E-state index in [1.807, 2.05) is 0 Å². The van der Waals surface area contributed by atoms with E-state index < -0.39 is 0 Å². The zero-order chi connectivity index (χ0) is 9.36. The highest BCUT2D eigenvalue weighted by Crippen LogP contribution is 2.18. The SMILES string of the molecule is CCCCC=CC1=CCCCCC1. The van der Waals surface area contributed by atoms with Crippen molar-refractivity contribution in [3.05, 3.63) is 23.8 Å². The lowest BCUT2D eigenvalue weighted by molar-refractivity contribution is 0.713. The molecule has 0 fully saturated rings. The van der Waals surface area contributed by atoms with Gasteiger partial charge in [-0.05, 0) is 32.1 Å². The summed E-state index contributed by atoms with van der Waals surface area (Å²) < 4.78 is 0. The highest BCUT2D eigenvalue weighted by atomic mass is 14.0. The van der Waals surface area contributed by atoms with E-state index in [4.69, 9.17) is 0 Å². The molecule has 1 rings (SSSR count). The minimum Gasteiger partial charge on any atom is -0.0843 e. The third-order valence-electron chi connectivity index (χ3n) is 2.63. The lowest BCUT2D eigenvalue weighted by atomic mass is 10.1. The Hall–Kier alpha value is -0.520. The number of unbranched alkanes of at least 4 members (excludes halogenated alkanes) is 2. The van der Waals surface area contributed by atoms with Crippen LogP contribution in [0.1, 0.15) is 58.3 Å². The zero-order valence-corrected chi connectivity index (χ0v) is 8.89. The van der Waals surface area contributed by atoms with Gasteiger partial charge in [0.05, 0.1) is 0 Å². The number of hydrogen-bond acceptors (Lipinski definition) is 0. The number of rotatable bonds is 4. The molecule has 0 radical (unpaired) electrons. The van der Waals surface area contributed by atoms with Gasteiger partial charge in [-0.15, -0.1) is 0 Å². The molecule has 0 aromatic heterocycles. The molecule has 0 bridgehead atoms. The first-order valence-electron chi connectivity index (χ1n) is 5.79. The molecule has 0 atom stereocenters. The minimum atomic E-state index is 1.26. The van der Waals surface area contributed by atoms with Gasteiger partial charge in [0, 0.05) is 0 Å². The molecule has 0 aliphatic heterocycles. The standard InChI is InChI=1S/C13H22/c1-2-3-4-7-10-13-11-8-5-6-9-12-13/h7,10-11H,2-6,8-9,12H2,1H3. The molecule has 0 heterocycles. The fourth-order valence-electron chi connectivity index (χ4n) is 1.75. The van der Waals surface area contributed by atoms with Crippen LogP contribution < -0.4 is 0 Å². The molecule has 0 unspecified atom stereocenters. The molecule has 1 aliphatic rings. The molecule has 0 N–H and O–H groups in total. The summed E-state index contributed by atoms with van der Waals surface area (Å²) in [6.07, 6.45) is 17.8. The van der Waals surface area contributed by atoms with E-state index in [1.165, 1.54) is 51.4 Å². The monoisotopic (exact) mass is 178 g/mol. The quantitative estimate of drug-likeness (QED) is 0.551. The van der Waals surface area contributed by atoms with Crippen LogP contribution in [0.15, 0.2) is 23.8 Å². The first-order chi connectivity index (χ1) is 6.43. The third kappa shape index (κ3) is 4.92. The molecule has 0 saturated carbocycles. The van der Waals surface area contributed by atoms with Crippen molar-refractivity contribution in [3.8, 4) is 0 Å². The zero-order valence-electron chi connectivity index (χ0n) is 8.89. The van der Waals surface area contributed by atoms with Gasteiger partial charge >= 0.3 is 0 Å². The second-order valence-corrected chi connectivity index (χ2v) is 3.92. The molecule has 74 valence electrons. The van der Waals surface area contributed by atoms with Crippen molar-refractivity contribution in [2.75, 3.05) is 0 Å². The summed E-state index contributed by atoms with van der Waals surface area (Å²) in [6, 6.07) is 0. The van der Waals surface area contributed by atoms with Crippen molar-refractivity contribution in [2.24, 2.45) is 0 Å². The summed E-state index contributed by atoms with van der Waals surface area (Å²) >= 11 is 0. The molecule has 13 heavy (non-hydrogen) atoms. The van der Waals surface area contributed by atoms with Crippen molar-refractivity contribution in [1.82, 2.24) is 0 Å². The van der Waals surface area contributed by atoms with Gasteiger partial charge in [0.1, 0.15) is 0 Å². The Bertz CT molecular complexity index is 174. The van der Waals surface area contributed by atoms with E-state index in [1.54, 1.807) is 5.57 Å². The summed E-state index contributed by atoms with van der Waals surface area (Å²) in [7, 11) is 0. The van der Waals surface area contributed by atoms with Crippen molar-refractivity contribution in [2.45, 2.75) is 58.3 Å². The molecule has 0 spiro atoms. The van der Waals surface area contributed by atoms with Crippen molar-refractivity contribution in [1.29, 1.82) is 0 Å². The maximum absolute atomic E-state index is 2.43. The van der Waals surface area contributed by atoms with Crippen LogP contribution in [0.25, 0.3) is 0 Å². The summed E-state index contributed by atoms with van der Waals surface area (Å²) in [5.74, 6) is 0. The van der Waals surface area contributed by atoms with Gasteiger partial charge in [-0.2, -0.15) is 0 Å². The third-order valence-corrected chi connectivity index (χ3v) is 2.63. The minimum absolute atomic E-state index is 1.26. The largest absolute Gasteiger partial charge is 0.0843 e.